The zero-order valence-electron chi connectivity index (χ0n) is 27.3. The van der Waals surface area contributed by atoms with E-state index in [9.17, 15) is 15.9 Å². The van der Waals surface area contributed by atoms with E-state index in [-0.39, 0.29) is 33.5 Å². The molecule has 4 N–H and O–H groups in total. The molecule has 5 heteroatoms. The van der Waals surface area contributed by atoms with Crippen molar-refractivity contribution in [3.63, 3.8) is 0 Å². The summed E-state index contributed by atoms with van der Waals surface area (Å²) in [5.74, 6) is 0.554. The topological polar surface area (TPSA) is 76.3 Å². The third kappa shape index (κ3) is 7.48. The van der Waals surface area contributed by atoms with Crippen LogP contribution >= 0.6 is 0 Å². The molecule has 4 nitrogen and oxygen atoms in total. The number of hydrogen-bond acceptors (Lipinski definition) is 3. The number of phenolic OH excluding ortho intramolecular Hbond substituents is 2. The molecule has 2 aromatic rings. The number of aromatic hydroxyl groups is 2. The van der Waals surface area contributed by atoms with Crippen LogP contribution in [-0.4, -0.2) is 22.3 Å². The van der Waals surface area contributed by atoms with Crippen molar-refractivity contribution in [2.45, 2.75) is 130 Å². The molecular formula is C36H52CoN2O2. The van der Waals surface area contributed by atoms with Gasteiger partial charge in [0.25, 0.3) is 0 Å². The fourth-order valence-electron chi connectivity index (χ4n) is 5.38. The van der Waals surface area contributed by atoms with Crippen molar-refractivity contribution < 1.29 is 26.2 Å². The predicted molar refractivity (Wildman–Crippen MR) is 170 cm³/mol. The van der Waals surface area contributed by atoms with Gasteiger partial charge < -0.3 is 0 Å². The SMILES string of the molecule is CC(C)(C)c1cc(C=C2CCC([NH][Co])C([NH])C2=Cc2cc(C(C)(C)C)cc(C(C)(C)C)c2O)c(O)c(C(C)(C)C)c1. The molecule has 1 fully saturated rings. The van der Waals surface area contributed by atoms with Crippen molar-refractivity contribution in [2.24, 2.45) is 0 Å². The Labute approximate surface area is 257 Å². The van der Waals surface area contributed by atoms with E-state index in [1.165, 1.54) is 0 Å². The zero-order chi connectivity index (χ0) is 31.3. The van der Waals surface area contributed by atoms with Gasteiger partial charge in [-0.15, -0.1) is 0 Å². The molecule has 1 saturated carbocycles. The van der Waals surface area contributed by atoms with Crippen LogP contribution in [0.15, 0.2) is 35.4 Å². The van der Waals surface area contributed by atoms with E-state index in [1.807, 2.05) is 6.08 Å². The molecule has 3 rings (SSSR count). The Morgan fingerprint density at radius 2 is 1.12 bits per heavy atom. The Morgan fingerprint density at radius 3 is 1.49 bits per heavy atom. The van der Waals surface area contributed by atoms with E-state index < -0.39 is 6.04 Å². The molecular weight excluding hydrogens is 551 g/mol. The summed E-state index contributed by atoms with van der Waals surface area (Å²) < 4.78 is 3.03. The van der Waals surface area contributed by atoms with Crippen molar-refractivity contribution >= 4 is 12.2 Å². The molecule has 2 atom stereocenters. The van der Waals surface area contributed by atoms with Gasteiger partial charge in [0, 0.05) is 0 Å². The van der Waals surface area contributed by atoms with Gasteiger partial charge in [0.2, 0.25) is 0 Å². The van der Waals surface area contributed by atoms with Crippen LogP contribution in [0.3, 0.4) is 0 Å². The third-order valence-electron chi connectivity index (χ3n) is 8.22. The van der Waals surface area contributed by atoms with Gasteiger partial charge in [0.1, 0.15) is 0 Å². The van der Waals surface area contributed by atoms with Crippen LogP contribution in [0.2, 0.25) is 0 Å². The molecule has 2 unspecified atom stereocenters. The molecule has 1 radical (unpaired) electrons. The number of rotatable bonds is 3. The van der Waals surface area contributed by atoms with Crippen molar-refractivity contribution in [3.05, 3.63) is 68.8 Å². The van der Waals surface area contributed by atoms with E-state index in [1.54, 1.807) is 0 Å². The number of nitrogens with one attached hydrogen (secondary N) is 2. The standard InChI is InChI=1S/C36H52N2O2.Co/c1-33(2,3)24-16-22(31(39)27(19-24)35(7,8)9)15-21-13-14-29(37)30(38)26(21)18-23-17-25(34(4,5)6)20-28(32(23)40)36(10,11)12;/h15-20,29-30,37-40H,13-14H2,1-12H3;/q-1;+1. The van der Waals surface area contributed by atoms with E-state index >= 15 is 0 Å². The van der Waals surface area contributed by atoms with Crippen molar-refractivity contribution in [1.29, 1.82) is 0 Å². The summed E-state index contributed by atoms with van der Waals surface area (Å²) in [6, 6.07) is 7.69. The van der Waals surface area contributed by atoms with Crippen molar-refractivity contribution in [2.75, 3.05) is 0 Å². The van der Waals surface area contributed by atoms with Gasteiger partial charge >= 0.3 is 258 Å². The van der Waals surface area contributed by atoms with E-state index in [0.29, 0.717) is 5.75 Å². The number of phenols is 2. The minimum absolute atomic E-state index is 0.0898. The van der Waals surface area contributed by atoms with Crippen LogP contribution in [-0.2, 0) is 37.6 Å². The monoisotopic (exact) mass is 603 g/mol. The summed E-state index contributed by atoms with van der Waals surface area (Å²) in [6.45, 7) is 25.8. The van der Waals surface area contributed by atoms with E-state index in [2.05, 4.69) is 134 Å². The number of hydrogen-bond donors (Lipinski definition) is 3. The predicted octanol–water partition coefficient (Wildman–Crippen LogP) is 8.62. The second-order valence-corrected chi connectivity index (χ2v) is 16.2. The van der Waals surface area contributed by atoms with Gasteiger partial charge in [-0.3, -0.25) is 0 Å². The summed E-state index contributed by atoms with van der Waals surface area (Å²) in [7, 11) is 0. The van der Waals surface area contributed by atoms with Crippen LogP contribution in [0, 0.1) is 0 Å². The average Bonchev–Trinajstić information content (AvgIpc) is 2.80. The molecule has 227 valence electrons. The molecule has 41 heavy (non-hydrogen) atoms. The maximum absolute atomic E-state index is 11.5. The first-order valence-electron chi connectivity index (χ1n) is 14.8. The third-order valence-corrected chi connectivity index (χ3v) is 8.61. The zero-order valence-corrected chi connectivity index (χ0v) is 28.3. The summed E-state index contributed by atoms with van der Waals surface area (Å²) >= 11 is 4.40. The summed E-state index contributed by atoms with van der Waals surface area (Å²) in [5.41, 5.74) is 16.0. The fraction of sp³-hybridized carbons (Fsp3) is 0.556. The maximum atomic E-state index is 11.5. The Morgan fingerprint density at radius 1 is 0.707 bits per heavy atom. The second-order valence-electron chi connectivity index (χ2n) is 15.9. The van der Waals surface area contributed by atoms with Gasteiger partial charge in [-0.25, -0.2) is 0 Å². The molecule has 1 aliphatic carbocycles. The first kappa shape index (κ1) is 33.4. The van der Waals surface area contributed by atoms with Gasteiger partial charge in [-0.2, -0.15) is 0 Å². The summed E-state index contributed by atoms with van der Waals surface area (Å²) in [6.07, 6.45) is 5.55. The Hall–Kier alpha value is -2.05. The van der Waals surface area contributed by atoms with Crippen LogP contribution in [0.5, 0.6) is 11.5 Å². The van der Waals surface area contributed by atoms with Gasteiger partial charge in [0.15, 0.2) is 0 Å². The average molecular weight is 604 g/mol. The summed E-state index contributed by atoms with van der Waals surface area (Å²) in [5, 5.41) is 23.0. The Bertz CT molecular complexity index is 1340. The molecule has 1 aliphatic rings. The van der Waals surface area contributed by atoms with E-state index in [4.69, 9.17) is 0 Å². The van der Waals surface area contributed by atoms with Crippen LogP contribution in [0.1, 0.15) is 129 Å². The van der Waals surface area contributed by atoms with Crippen LogP contribution in [0.4, 0.5) is 0 Å². The second kappa shape index (κ2) is 11.6. The molecule has 0 amide bonds. The van der Waals surface area contributed by atoms with Crippen LogP contribution in [0.25, 0.3) is 12.2 Å². The molecule has 0 bridgehead atoms. The molecule has 0 spiro atoms. The fourth-order valence-corrected chi connectivity index (χ4v) is 5.70. The molecule has 0 heterocycles. The van der Waals surface area contributed by atoms with Crippen molar-refractivity contribution in [3.8, 4) is 11.5 Å². The van der Waals surface area contributed by atoms with Crippen molar-refractivity contribution in [1.82, 2.24) is 10.1 Å². The minimum atomic E-state index is -0.587. The van der Waals surface area contributed by atoms with E-state index in [0.717, 1.165) is 57.4 Å². The Kier molecular flexibility index (Phi) is 9.43. The number of benzene rings is 2. The first-order chi connectivity index (χ1) is 18.6. The summed E-state index contributed by atoms with van der Waals surface area (Å²) in [4.78, 5) is 0. The quantitative estimate of drug-likeness (QED) is 0.329. The molecule has 2 aromatic carbocycles. The first-order valence-corrected chi connectivity index (χ1v) is 15.3. The van der Waals surface area contributed by atoms with Gasteiger partial charge in [-0.05, 0) is 0 Å². The molecule has 0 aliphatic heterocycles. The van der Waals surface area contributed by atoms with Crippen LogP contribution < -0.4 is 10.1 Å². The molecule has 0 aromatic heterocycles. The normalized spacial score (nSPS) is 21.1. The Balaban J connectivity index is 2.35. The van der Waals surface area contributed by atoms with Gasteiger partial charge in [-0.1, -0.05) is 0 Å². The van der Waals surface area contributed by atoms with Gasteiger partial charge in [0.05, 0.1) is 0 Å². The molecule has 0 saturated heterocycles.